The number of hydrogen-bond acceptors (Lipinski definition) is 8. The number of nitrogens with zero attached hydrogens (tertiary/aromatic N) is 4. The van der Waals surface area contributed by atoms with Crippen LogP contribution in [0.15, 0.2) is 59.5 Å². The molecule has 0 radical (unpaired) electrons. The summed E-state index contributed by atoms with van der Waals surface area (Å²) in [6, 6.07) is 12.0. The van der Waals surface area contributed by atoms with Crippen molar-refractivity contribution in [2.45, 2.75) is 51.4 Å². The van der Waals surface area contributed by atoms with Crippen LogP contribution < -0.4 is 20.9 Å². The van der Waals surface area contributed by atoms with E-state index >= 15 is 4.39 Å². The van der Waals surface area contributed by atoms with E-state index in [1.807, 2.05) is 20.8 Å². The number of hydrogen-bond donors (Lipinski definition) is 3. The molecule has 2 aromatic heterocycles. The van der Waals surface area contributed by atoms with Gasteiger partial charge in [0.25, 0.3) is 5.56 Å². The van der Waals surface area contributed by atoms with Gasteiger partial charge < -0.3 is 10.6 Å². The Labute approximate surface area is 249 Å². The number of nitrogens with one attached hydrogen (secondary N) is 3. The normalized spacial score (nSPS) is 19.8. The molecule has 228 valence electrons. The highest BCUT2D eigenvalue weighted by Crippen LogP contribution is 2.29. The fraction of sp³-hybridized carbons (Fsp3) is 0.400. The van der Waals surface area contributed by atoms with Crippen molar-refractivity contribution in [3.63, 3.8) is 0 Å². The Bertz CT molecular complexity index is 1800. The minimum atomic E-state index is -3.96. The Hall–Kier alpha value is -3.97. The molecule has 1 saturated heterocycles. The monoisotopic (exact) mass is 611 g/mol. The first kappa shape index (κ1) is 30.5. The molecule has 0 saturated carbocycles. The van der Waals surface area contributed by atoms with Gasteiger partial charge in [-0.15, -0.1) is 0 Å². The lowest BCUT2D eigenvalue weighted by molar-refractivity contribution is 0.168. The summed E-state index contributed by atoms with van der Waals surface area (Å²) in [5.41, 5.74) is 0.137. The highest BCUT2D eigenvalue weighted by Gasteiger charge is 2.32. The van der Waals surface area contributed by atoms with Gasteiger partial charge in [0.1, 0.15) is 22.3 Å². The minimum absolute atomic E-state index is 0.0216. The second kappa shape index (κ2) is 12.0. The maximum absolute atomic E-state index is 15.3. The van der Waals surface area contributed by atoms with Gasteiger partial charge in [0.2, 0.25) is 16.0 Å². The van der Waals surface area contributed by atoms with Crippen LogP contribution in [0.4, 0.5) is 20.4 Å². The number of piperidine rings is 1. The van der Waals surface area contributed by atoms with E-state index in [4.69, 9.17) is 0 Å². The van der Waals surface area contributed by atoms with Gasteiger partial charge in [0, 0.05) is 36.2 Å². The summed E-state index contributed by atoms with van der Waals surface area (Å²) >= 11 is 0. The average Bonchev–Trinajstić information content (AvgIpc) is 2.97. The molecule has 0 aliphatic carbocycles. The van der Waals surface area contributed by atoms with Gasteiger partial charge in [-0.2, -0.15) is 4.98 Å². The second-order valence-electron chi connectivity index (χ2n) is 11.6. The molecule has 13 heteroatoms. The van der Waals surface area contributed by atoms with Crippen LogP contribution >= 0.6 is 0 Å². The number of aromatic nitrogens is 4. The first-order chi connectivity index (χ1) is 20.4. The number of anilines is 2. The van der Waals surface area contributed by atoms with Crippen LogP contribution in [0.5, 0.6) is 0 Å². The molecule has 10 nitrogen and oxygen atoms in total. The summed E-state index contributed by atoms with van der Waals surface area (Å²) in [7, 11) is -3.96. The number of sulfonamides is 1. The number of benzene rings is 2. The van der Waals surface area contributed by atoms with Gasteiger partial charge in [-0.3, -0.25) is 18.5 Å². The van der Waals surface area contributed by atoms with E-state index in [-0.39, 0.29) is 35.0 Å². The minimum Gasteiger partial charge on any atom is -0.350 e. The molecule has 2 unspecified atom stereocenters. The third-order valence-electron chi connectivity index (χ3n) is 7.71. The summed E-state index contributed by atoms with van der Waals surface area (Å²) < 4.78 is 58.5. The van der Waals surface area contributed by atoms with Crippen molar-refractivity contribution in [2.24, 2.45) is 5.41 Å². The third kappa shape index (κ3) is 6.37. The van der Waals surface area contributed by atoms with Crippen molar-refractivity contribution in [3.8, 4) is 11.3 Å². The lowest BCUT2D eigenvalue weighted by Gasteiger charge is -2.37. The van der Waals surface area contributed by atoms with Gasteiger partial charge in [0.05, 0.1) is 18.6 Å². The molecule has 2 aromatic carbocycles. The van der Waals surface area contributed by atoms with E-state index in [9.17, 15) is 17.6 Å². The van der Waals surface area contributed by atoms with E-state index in [0.717, 1.165) is 6.07 Å². The quantitative estimate of drug-likeness (QED) is 0.246. The molecule has 43 heavy (non-hydrogen) atoms. The summed E-state index contributed by atoms with van der Waals surface area (Å²) in [6.07, 6.45) is 2.08. The van der Waals surface area contributed by atoms with Crippen LogP contribution in [-0.4, -0.2) is 53.7 Å². The number of fused-ring (bicyclic) bond motifs is 1. The molecule has 3 N–H and O–H groups in total. The van der Waals surface area contributed by atoms with Crippen LogP contribution in [-0.2, 0) is 10.0 Å². The number of rotatable bonds is 9. The lowest BCUT2D eigenvalue weighted by atomic mass is 9.82. The third-order valence-corrected chi connectivity index (χ3v) is 9.42. The summed E-state index contributed by atoms with van der Waals surface area (Å²) in [5.74, 6) is -0.561. The summed E-state index contributed by atoms with van der Waals surface area (Å²) in [5, 5.41) is 5.56. The molecular formula is C30H35F2N7O3S. The van der Waals surface area contributed by atoms with Crippen molar-refractivity contribution < 1.29 is 17.2 Å². The van der Waals surface area contributed by atoms with Gasteiger partial charge in [-0.1, -0.05) is 43.3 Å². The fourth-order valence-corrected chi connectivity index (χ4v) is 6.47. The lowest BCUT2D eigenvalue weighted by Crippen LogP contribution is -2.49. The van der Waals surface area contributed by atoms with Crippen molar-refractivity contribution in [1.82, 2.24) is 24.8 Å². The zero-order valence-electron chi connectivity index (χ0n) is 24.4. The first-order valence-corrected chi connectivity index (χ1v) is 15.6. The van der Waals surface area contributed by atoms with Gasteiger partial charge in [0.15, 0.2) is 5.65 Å². The van der Waals surface area contributed by atoms with Crippen molar-refractivity contribution >= 4 is 32.8 Å². The summed E-state index contributed by atoms with van der Waals surface area (Å²) in [6.45, 7) is 7.80. The van der Waals surface area contributed by atoms with Crippen molar-refractivity contribution in [2.75, 3.05) is 29.8 Å². The predicted octanol–water partition coefficient (Wildman–Crippen LogP) is 4.83. The number of halogens is 2. The predicted molar refractivity (Wildman–Crippen MR) is 164 cm³/mol. The van der Waals surface area contributed by atoms with Gasteiger partial charge in [-0.25, -0.2) is 22.8 Å². The zero-order valence-corrected chi connectivity index (χ0v) is 25.3. The Morgan fingerprint density at radius 2 is 1.88 bits per heavy atom. The van der Waals surface area contributed by atoms with E-state index in [1.165, 1.54) is 29.8 Å². The average molecular weight is 612 g/mol. The van der Waals surface area contributed by atoms with Gasteiger partial charge in [-0.05, 0) is 44.9 Å². The molecule has 0 spiro atoms. The van der Waals surface area contributed by atoms with Crippen LogP contribution in [0.1, 0.15) is 51.0 Å². The molecule has 3 atom stereocenters. The largest absolute Gasteiger partial charge is 0.350 e. The molecule has 3 heterocycles. The SMILES string of the molecule is CC(C)n1c(=O)c(-c2ccc(NS(=O)(=O)C(C)c3ccccc3)c(F)c2)nc2cnc(N[C@@H]3CNCC(C)(CF)C3)nc21. The van der Waals surface area contributed by atoms with Gasteiger partial charge >= 0.3 is 0 Å². The maximum atomic E-state index is 15.3. The van der Waals surface area contributed by atoms with E-state index in [1.54, 1.807) is 30.3 Å². The molecule has 1 fully saturated rings. The van der Waals surface area contributed by atoms with E-state index < -0.39 is 38.7 Å². The zero-order chi connectivity index (χ0) is 30.9. The van der Waals surface area contributed by atoms with Crippen LogP contribution in [0.3, 0.4) is 0 Å². The second-order valence-corrected chi connectivity index (χ2v) is 13.6. The fourth-order valence-electron chi connectivity index (χ4n) is 5.30. The number of alkyl halides is 1. The summed E-state index contributed by atoms with van der Waals surface area (Å²) in [4.78, 5) is 27.1. The van der Waals surface area contributed by atoms with Crippen LogP contribution in [0.2, 0.25) is 0 Å². The Kier molecular flexibility index (Phi) is 8.48. The molecule has 0 amide bonds. The molecule has 1 aliphatic rings. The molecule has 0 bridgehead atoms. The molecular weight excluding hydrogens is 576 g/mol. The Morgan fingerprint density at radius 3 is 2.56 bits per heavy atom. The van der Waals surface area contributed by atoms with Crippen LogP contribution in [0.25, 0.3) is 22.4 Å². The Morgan fingerprint density at radius 1 is 1.14 bits per heavy atom. The van der Waals surface area contributed by atoms with E-state index in [2.05, 4.69) is 30.3 Å². The maximum Gasteiger partial charge on any atom is 0.278 e. The smallest absolute Gasteiger partial charge is 0.278 e. The highest BCUT2D eigenvalue weighted by atomic mass is 32.2. The first-order valence-electron chi connectivity index (χ1n) is 14.1. The van der Waals surface area contributed by atoms with Crippen molar-refractivity contribution in [3.05, 3.63) is 76.5 Å². The molecule has 4 aromatic rings. The standard InChI is InChI=1S/C30H35F2N7O3S/c1-18(2)39-27-25(15-34-29(37-27)35-22-13-30(4,16-31)17-33-14-22)36-26(28(39)40)21-10-11-24(23(32)12-21)38-43(41,42)19(3)20-8-6-5-7-9-20/h5-12,15,18-19,22,33,38H,13-14,16-17H2,1-4H3,(H,34,35,37)/t19?,22-,30?/m0/s1. The topological polar surface area (TPSA) is 131 Å². The van der Waals surface area contributed by atoms with Crippen LogP contribution in [0, 0.1) is 11.2 Å². The molecule has 1 aliphatic heterocycles. The Balaban J connectivity index is 1.45. The highest BCUT2D eigenvalue weighted by molar-refractivity contribution is 7.92. The van der Waals surface area contributed by atoms with E-state index in [0.29, 0.717) is 36.2 Å². The van der Waals surface area contributed by atoms with Crippen molar-refractivity contribution in [1.29, 1.82) is 0 Å². The molecule has 5 rings (SSSR count).